The third-order valence-electron chi connectivity index (χ3n) is 4.07. The Kier molecular flexibility index (Phi) is 9.18. The van der Waals surface area contributed by atoms with Gasteiger partial charge in [-0.25, -0.2) is 0 Å². The molecule has 1 aromatic carbocycles. The van der Waals surface area contributed by atoms with Crippen molar-refractivity contribution in [3.05, 3.63) is 29.8 Å². The second kappa shape index (κ2) is 10.6. The van der Waals surface area contributed by atoms with Crippen molar-refractivity contribution in [1.29, 1.82) is 0 Å². The molecule has 0 aliphatic carbocycles. The molecular formula is C17H25ClF3N3O2. The molecule has 2 rings (SSSR count). The van der Waals surface area contributed by atoms with Gasteiger partial charge in [0, 0.05) is 19.1 Å². The lowest BCUT2D eigenvalue weighted by Gasteiger charge is -2.31. The van der Waals surface area contributed by atoms with Crippen LogP contribution in [0.25, 0.3) is 0 Å². The number of carbonyl (C=O) groups excluding carboxylic acids is 1. The number of piperidine rings is 1. The number of carbonyl (C=O) groups is 1. The number of hydrogen-bond acceptors (Lipinski definition) is 4. The van der Waals surface area contributed by atoms with Crippen molar-refractivity contribution in [2.24, 2.45) is 0 Å². The van der Waals surface area contributed by atoms with E-state index in [2.05, 4.69) is 15.5 Å². The highest BCUT2D eigenvalue weighted by atomic mass is 35.5. The summed E-state index contributed by atoms with van der Waals surface area (Å²) in [5, 5.41) is 6.03. The Morgan fingerprint density at radius 1 is 1.38 bits per heavy atom. The molecule has 1 aliphatic rings. The van der Waals surface area contributed by atoms with Gasteiger partial charge in [0.25, 0.3) is 0 Å². The van der Waals surface area contributed by atoms with E-state index in [0.717, 1.165) is 25.9 Å². The van der Waals surface area contributed by atoms with Crippen LogP contribution in [-0.2, 0) is 11.3 Å². The molecule has 1 unspecified atom stereocenters. The molecule has 0 aromatic heterocycles. The van der Waals surface area contributed by atoms with Gasteiger partial charge in [0.2, 0.25) is 5.91 Å². The van der Waals surface area contributed by atoms with Gasteiger partial charge in [-0.15, -0.1) is 12.4 Å². The van der Waals surface area contributed by atoms with Gasteiger partial charge in [-0.2, -0.15) is 13.2 Å². The van der Waals surface area contributed by atoms with E-state index in [9.17, 15) is 18.0 Å². The number of alkyl halides is 3. The van der Waals surface area contributed by atoms with E-state index in [1.165, 1.54) is 12.1 Å². The maximum absolute atomic E-state index is 12.2. The third-order valence-corrected chi connectivity index (χ3v) is 4.07. The highest BCUT2D eigenvalue weighted by molar-refractivity contribution is 5.85. The lowest BCUT2D eigenvalue weighted by atomic mass is 10.1. The van der Waals surface area contributed by atoms with Crippen molar-refractivity contribution in [1.82, 2.24) is 15.5 Å². The van der Waals surface area contributed by atoms with Gasteiger partial charge >= 0.3 is 6.18 Å². The summed E-state index contributed by atoms with van der Waals surface area (Å²) < 4.78 is 41.3. The number of nitrogens with one attached hydrogen (secondary N) is 2. The van der Waals surface area contributed by atoms with Crippen LogP contribution in [0.2, 0.25) is 0 Å². The largest absolute Gasteiger partial charge is 0.484 e. The third kappa shape index (κ3) is 8.25. The molecule has 0 saturated carbocycles. The molecule has 1 aliphatic heterocycles. The number of likely N-dealkylation sites (tertiary alicyclic amines) is 1. The van der Waals surface area contributed by atoms with E-state index in [1.807, 2.05) is 7.05 Å². The van der Waals surface area contributed by atoms with E-state index in [0.29, 0.717) is 18.2 Å². The average molecular weight is 396 g/mol. The predicted octanol–water partition coefficient (Wildman–Crippen LogP) is 2.35. The van der Waals surface area contributed by atoms with Gasteiger partial charge in [0.15, 0.2) is 6.61 Å². The quantitative estimate of drug-likeness (QED) is 0.744. The van der Waals surface area contributed by atoms with Gasteiger partial charge in [0.05, 0.1) is 6.54 Å². The maximum Gasteiger partial charge on any atom is 0.422 e. The van der Waals surface area contributed by atoms with Crippen molar-refractivity contribution in [2.45, 2.75) is 31.6 Å². The summed E-state index contributed by atoms with van der Waals surface area (Å²) >= 11 is 0. The van der Waals surface area contributed by atoms with E-state index >= 15 is 0 Å². The molecule has 0 bridgehead atoms. The lowest BCUT2D eigenvalue weighted by molar-refractivity contribution is -0.153. The van der Waals surface area contributed by atoms with Crippen LogP contribution in [0.15, 0.2) is 24.3 Å². The van der Waals surface area contributed by atoms with Gasteiger partial charge < -0.3 is 15.4 Å². The number of halogens is 4. The van der Waals surface area contributed by atoms with E-state index in [4.69, 9.17) is 4.74 Å². The van der Waals surface area contributed by atoms with Crippen molar-refractivity contribution >= 4 is 18.3 Å². The topological polar surface area (TPSA) is 53.6 Å². The molecule has 5 nitrogen and oxygen atoms in total. The van der Waals surface area contributed by atoms with Crippen molar-refractivity contribution in [2.75, 3.05) is 33.3 Å². The molecular weight excluding hydrogens is 371 g/mol. The molecule has 2 N–H and O–H groups in total. The SMILES string of the molecule is CNC1CCCN(CC(=O)NCc2cccc(OCC(F)(F)F)c2)C1.Cl. The van der Waals surface area contributed by atoms with Crippen LogP contribution < -0.4 is 15.4 Å². The molecule has 0 spiro atoms. The molecule has 0 radical (unpaired) electrons. The highest BCUT2D eigenvalue weighted by Crippen LogP contribution is 2.19. The van der Waals surface area contributed by atoms with Gasteiger partial charge in [-0.3, -0.25) is 9.69 Å². The van der Waals surface area contributed by atoms with Gasteiger partial charge in [0.1, 0.15) is 5.75 Å². The van der Waals surface area contributed by atoms with E-state index in [-0.39, 0.29) is 30.6 Å². The zero-order valence-electron chi connectivity index (χ0n) is 14.6. The number of rotatable bonds is 7. The Morgan fingerprint density at radius 3 is 2.85 bits per heavy atom. The smallest absolute Gasteiger partial charge is 0.422 e. The summed E-state index contributed by atoms with van der Waals surface area (Å²) in [6.07, 6.45) is -2.21. The molecule has 1 fully saturated rings. The van der Waals surface area contributed by atoms with E-state index < -0.39 is 12.8 Å². The van der Waals surface area contributed by atoms with Crippen LogP contribution >= 0.6 is 12.4 Å². The normalized spacial score (nSPS) is 18.1. The number of nitrogens with zero attached hydrogens (tertiary/aromatic N) is 1. The Hall–Kier alpha value is -1.51. The minimum absolute atomic E-state index is 0. The molecule has 26 heavy (non-hydrogen) atoms. The monoisotopic (exact) mass is 395 g/mol. The lowest BCUT2D eigenvalue weighted by Crippen LogP contribution is -2.47. The standard InChI is InChI=1S/C17H24F3N3O2.ClH/c1-21-14-5-3-7-23(10-14)11-16(24)22-9-13-4-2-6-15(8-13)25-12-17(18,19)20;/h2,4,6,8,14,21H,3,5,7,9-12H2,1H3,(H,22,24);1H. The summed E-state index contributed by atoms with van der Waals surface area (Å²) in [7, 11) is 1.92. The second-order valence-corrected chi connectivity index (χ2v) is 6.19. The minimum atomic E-state index is -4.37. The Bertz CT molecular complexity index is 572. The summed E-state index contributed by atoms with van der Waals surface area (Å²) in [5.41, 5.74) is 0.694. The van der Waals surface area contributed by atoms with Crippen molar-refractivity contribution < 1.29 is 22.7 Å². The molecule has 148 valence electrons. The van der Waals surface area contributed by atoms with Crippen LogP contribution in [0, 0.1) is 0 Å². The fourth-order valence-corrected chi connectivity index (χ4v) is 2.80. The molecule has 1 amide bonds. The van der Waals surface area contributed by atoms with E-state index in [1.54, 1.807) is 12.1 Å². The zero-order chi connectivity index (χ0) is 18.3. The Balaban J connectivity index is 0.00000338. The summed E-state index contributed by atoms with van der Waals surface area (Å²) in [6.45, 7) is 0.981. The summed E-state index contributed by atoms with van der Waals surface area (Å²) in [5.74, 6) is 0.0373. The first-order valence-electron chi connectivity index (χ1n) is 8.30. The van der Waals surface area contributed by atoms with Crippen LogP contribution in [-0.4, -0.2) is 56.3 Å². The van der Waals surface area contributed by atoms with Gasteiger partial charge in [-0.05, 0) is 44.1 Å². The number of benzene rings is 1. The molecule has 1 aromatic rings. The summed E-state index contributed by atoms with van der Waals surface area (Å²) in [6, 6.07) is 6.71. The zero-order valence-corrected chi connectivity index (χ0v) is 15.5. The Labute approximate surface area is 157 Å². The first-order chi connectivity index (χ1) is 11.9. The van der Waals surface area contributed by atoms with Crippen LogP contribution in [0.3, 0.4) is 0 Å². The minimum Gasteiger partial charge on any atom is -0.484 e. The van der Waals surface area contributed by atoms with Crippen LogP contribution in [0.4, 0.5) is 13.2 Å². The molecule has 1 atom stereocenters. The van der Waals surface area contributed by atoms with Crippen molar-refractivity contribution in [3.63, 3.8) is 0 Å². The van der Waals surface area contributed by atoms with Crippen LogP contribution in [0.5, 0.6) is 5.75 Å². The summed E-state index contributed by atoms with van der Waals surface area (Å²) in [4.78, 5) is 14.2. The van der Waals surface area contributed by atoms with Crippen molar-refractivity contribution in [3.8, 4) is 5.75 Å². The predicted molar refractivity (Wildman–Crippen MR) is 95.6 cm³/mol. The first kappa shape index (κ1) is 22.5. The fourth-order valence-electron chi connectivity index (χ4n) is 2.80. The first-order valence-corrected chi connectivity index (χ1v) is 8.30. The second-order valence-electron chi connectivity index (χ2n) is 6.19. The highest BCUT2D eigenvalue weighted by Gasteiger charge is 2.28. The number of amides is 1. The number of ether oxygens (including phenoxy) is 1. The number of likely N-dealkylation sites (N-methyl/N-ethyl adjacent to an activating group) is 1. The van der Waals surface area contributed by atoms with Crippen LogP contribution in [0.1, 0.15) is 18.4 Å². The molecule has 9 heteroatoms. The average Bonchev–Trinajstić information content (AvgIpc) is 2.58. The van der Waals surface area contributed by atoms with Gasteiger partial charge in [-0.1, -0.05) is 12.1 Å². The molecule has 1 heterocycles. The fraction of sp³-hybridized carbons (Fsp3) is 0.588. The maximum atomic E-state index is 12.2. The number of hydrogen-bond donors (Lipinski definition) is 2. The Morgan fingerprint density at radius 2 is 2.15 bits per heavy atom. The molecule has 1 saturated heterocycles.